The van der Waals surface area contributed by atoms with E-state index in [1.54, 1.807) is 17.8 Å². The average Bonchev–Trinajstić information content (AvgIpc) is 3.31. The molecule has 0 atom stereocenters. The third-order valence-electron chi connectivity index (χ3n) is 5.13. The number of nitrogens with two attached hydrogens (primary N) is 1. The topological polar surface area (TPSA) is 118 Å². The molecule has 2 N–H and O–H groups in total. The summed E-state index contributed by atoms with van der Waals surface area (Å²) >= 11 is 1.15. The van der Waals surface area contributed by atoms with E-state index in [9.17, 15) is 14.4 Å². The number of thioether (sulfide) groups is 1. The Kier molecular flexibility index (Phi) is 6.55. The summed E-state index contributed by atoms with van der Waals surface area (Å²) in [5.74, 6) is -0.694. The molecular formula is C23H22N6O3S. The van der Waals surface area contributed by atoms with Crippen LogP contribution in [-0.2, 0) is 13.1 Å². The van der Waals surface area contributed by atoms with Gasteiger partial charge < -0.3 is 5.73 Å². The number of Topliss-reactive ketones (excluding diaryl/α,β-unsaturated/α-hetero) is 1. The second-order valence-corrected chi connectivity index (χ2v) is 8.14. The first-order valence-electron chi connectivity index (χ1n) is 10.3. The summed E-state index contributed by atoms with van der Waals surface area (Å²) in [4.78, 5) is 38.9. The lowest BCUT2D eigenvalue weighted by Gasteiger charge is -2.15. The van der Waals surface area contributed by atoms with Gasteiger partial charge >= 0.3 is 5.69 Å². The van der Waals surface area contributed by atoms with Crippen LogP contribution in [-0.4, -0.2) is 35.4 Å². The summed E-state index contributed by atoms with van der Waals surface area (Å²) in [6.07, 6.45) is 1.56. The van der Waals surface area contributed by atoms with E-state index < -0.39 is 17.0 Å². The fraction of sp³-hybridized carbons (Fsp3) is 0.174. The quantitative estimate of drug-likeness (QED) is 0.315. The third-order valence-corrected chi connectivity index (χ3v) is 6.07. The summed E-state index contributed by atoms with van der Waals surface area (Å²) in [6, 6.07) is 18.7. The molecule has 4 aromatic rings. The smallest absolute Gasteiger partial charge is 0.332 e. The summed E-state index contributed by atoms with van der Waals surface area (Å²) in [5, 5.41) is 8.51. The molecule has 2 aromatic heterocycles. The highest BCUT2D eigenvalue weighted by atomic mass is 32.2. The van der Waals surface area contributed by atoms with E-state index in [2.05, 4.69) is 10.2 Å². The molecule has 0 saturated carbocycles. The molecule has 0 aliphatic rings. The lowest BCUT2D eigenvalue weighted by molar-refractivity contribution is 0.102. The van der Waals surface area contributed by atoms with Gasteiger partial charge in [0.05, 0.1) is 12.3 Å². The van der Waals surface area contributed by atoms with E-state index in [4.69, 9.17) is 5.73 Å². The Morgan fingerprint density at radius 1 is 1.00 bits per heavy atom. The Bertz CT molecular complexity index is 1390. The number of hydrogen-bond donors (Lipinski definition) is 1. The molecule has 0 unspecified atom stereocenters. The predicted molar refractivity (Wildman–Crippen MR) is 127 cm³/mol. The second kappa shape index (κ2) is 9.70. The Morgan fingerprint density at radius 2 is 1.67 bits per heavy atom. The molecule has 2 heterocycles. The minimum absolute atomic E-state index is 0.0851. The van der Waals surface area contributed by atoms with Gasteiger partial charge in [0.2, 0.25) is 0 Å². The molecule has 0 bridgehead atoms. The van der Waals surface area contributed by atoms with Gasteiger partial charge in [-0.1, -0.05) is 60.3 Å². The zero-order chi connectivity index (χ0) is 23.4. The monoisotopic (exact) mass is 462 g/mol. The van der Waals surface area contributed by atoms with Gasteiger partial charge in [0, 0.05) is 12.2 Å². The van der Waals surface area contributed by atoms with Crippen LogP contribution in [0.1, 0.15) is 22.8 Å². The van der Waals surface area contributed by atoms with Gasteiger partial charge in [-0.05, 0) is 24.6 Å². The number of para-hydroxylation sites is 1. The molecule has 10 heteroatoms. The predicted octanol–water partition coefficient (Wildman–Crippen LogP) is 2.22. The normalized spacial score (nSPS) is 10.9. The minimum Gasteiger partial charge on any atom is -0.384 e. The van der Waals surface area contributed by atoms with Crippen LogP contribution in [0.2, 0.25) is 0 Å². The summed E-state index contributed by atoms with van der Waals surface area (Å²) in [7, 11) is 0. The Labute approximate surface area is 193 Å². The van der Waals surface area contributed by atoms with E-state index >= 15 is 0 Å². The van der Waals surface area contributed by atoms with Gasteiger partial charge in [-0.2, -0.15) is 0 Å². The van der Waals surface area contributed by atoms with Crippen molar-refractivity contribution in [2.24, 2.45) is 0 Å². The van der Waals surface area contributed by atoms with Crippen molar-refractivity contribution in [1.82, 2.24) is 23.9 Å². The van der Waals surface area contributed by atoms with Crippen molar-refractivity contribution < 1.29 is 4.79 Å². The maximum absolute atomic E-state index is 13.1. The number of nitrogens with zero attached hydrogens (tertiary/aromatic N) is 5. The lowest BCUT2D eigenvalue weighted by Crippen LogP contribution is -2.44. The fourth-order valence-corrected chi connectivity index (χ4v) is 4.27. The van der Waals surface area contributed by atoms with Crippen molar-refractivity contribution in [2.75, 3.05) is 11.5 Å². The highest BCUT2D eigenvalue weighted by molar-refractivity contribution is 7.99. The molecule has 33 heavy (non-hydrogen) atoms. The van der Waals surface area contributed by atoms with Gasteiger partial charge in [0.1, 0.15) is 17.7 Å². The van der Waals surface area contributed by atoms with Crippen LogP contribution >= 0.6 is 11.8 Å². The van der Waals surface area contributed by atoms with Crippen molar-refractivity contribution >= 4 is 23.4 Å². The number of ketones is 1. The van der Waals surface area contributed by atoms with Crippen LogP contribution in [0.5, 0.6) is 0 Å². The number of nitrogen functional groups attached to an aromatic ring is 1. The number of carbonyl (C=O) groups is 1. The molecule has 0 spiro atoms. The van der Waals surface area contributed by atoms with Crippen LogP contribution in [0.3, 0.4) is 0 Å². The van der Waals surface area contributed by atoms with Gasteiger partial charge in [-0.25, -0.2) is 4.79 Å². The zero-order valence-electron chi connectivity index (χ0n) is 17.9. The molecule has 9 nitrogen and oxygen atoms in total. The largest absolute Gasteiger partial charge is 0.384 e. The first-order chi connectivity index (χ1) is 16.0. The SMILES string of the molecule is CCn1c(=O)c(C(=O)CSc2nncn2-c2ccccc2)c(N)n(Cc2ccccc2)c1=O. The first kappa shape index (κ1) is 22.3. The second-order valence-electron chi connectivity index (χ2n) is 7.19. The molecule has 4 rings (SSSR count). The summed E-state index contributed by atoms with van der Waals surface area (Å²) < 4.78 is 4.05. The lowest BCUT2D eigenvalue weighted by atomic mass is 10.2. The Morgan fingerprint density at radius 3 is 2.33 bits per heavy atom. The maximum atomic E-state index is 13.1. The van der Waals surface area contributed by atoms with Crippen molar-refractivity contribution in [3.63, 3.8) is 0 Å². The minimum atomic E-state index is -0.681. The molecule has 0 saturated heterocycles. The van der Waals surface area contributed by atoms with Gasteiger partial charge in [0.15, 0.2) is 10.9 Å². The number of hydrogen-bond acceptors (Lipinski definition) is 7. The fourth-order valence-electron chi connectivity index (χ4n) is 3.47. The van der Waals surface area contributed by atoms with E-state index in [-0.39, 0.29) is 30.2 Å². The van der Waals surface area contributed by atoms with Crippen LogP contribution in [0.25, 0.3) is 5.69 Å². The Hall–Kier alpha value is -3.92. The molecule has 168 valence electrons. The average molecular weight is 463 g/mol. The summed E-state index contributed by atoms with van der Waals surface area (Å²) in [6.45, 7) is 1.96. The number of benzene rings is 2. The number of aromatic nitrogens is 5. The highest BCUT2D eigenvalue weighted by Gasteiger charge is 2.23. The highest BCUT2D eigenvalue weighted by Crippen LogP contribution is 2.21. The van der Waals surface area contributed by atoms with Crippen molar-refractivity contribution in [1.29, 1.82) is 0 Å². The number of anilines is 1. The molecule has 0 amide bonds. The van der Waals surface area contributed by atoms with Crippen molar-refractivity contribution in [3.05, 3.63) is 99.0 Å². The summed E-state index contributed by atoms with van der Waals surface area (Å²) in [5.41, 5.74) is 6.48. The number of carbonyl (C=O) groups excluding carboxylic acids is 1. The van der Waals surface area contributed by atoms with Crippen LogP contribution < -0.4 is 17.0 Å². The van der Waals surface area contributed by atoms with E-state index in [0.717, 1.165) is 27.6 Å². The van der Waals surface area contributed by atoms with Crippen LogP contribution in [0, 0.1) is 0 Å². The third kappa shape index (κ3) is 4.51. The molecule has 0 radical (unpaired) electrons. The first-order valence-corrected chi connectivity index (χ1v) is 11.3. The number of rotatable bonds is 8. The van der Waals surface area contributed by atoms with Crippen LogP contribution in [0.4, 0.5) is 5.82 Å². The molecule has 2 aromatic carbocycles. The van der Waals surface area contributed by atoms with E-state index in [1.807, 2.05) is 60.7 Å². The molecular weight excluding hydrogens is 440 g/mol. The standard InChI is InChI=1S/C23H22N6O3S/c1-2-27-21(31)19(20(24)28(23(27)32)13-16-9-5-3-6-10-16)18(30)14-33-22-26-25-15-29(22)17-11-7-4-8-12-17/h3-12,15H,2,13-14,24H2,1H3. The van der Waals surface area contributed by atoms with E-state index in [0.29, 0.717) is 5.16 Å². The maximum Gasteiger partial charge on any atom is 0.332 e. The van der Waals surface area contributed by atoms with Crippen molar-refractivity contribution in [2.45, 2.75) is 25.2 Å². The molecule has 0 aliphatic carbocycles. The van der Waals surface area contributed by atoms with E-state index in [1.165, 1.54) is 4.57 Å². The van der Waals surface area contributed by atoms with Crippen molar-refractivity contribution in [3.8, 4) is 5.69 Å². The van der Waals surface area contributed by atoms with Gasteiger partial charge in [-0.15, -0.1) is 10.2 Å². The van der Waals surface area contributed by atoms with Gasteiger partial charge in [0.25, 0.3) is 5.56 Å². The van der Waals surface area contributed by atoms with Crippen LogP contribution in [0.15, 0.2) is 81.7 Å². The molecule has 0 aliphatic heterocycles. The molecule has 0 fully saturated rings. The van der Waals surface area contributed by atoms with Gasteiger partial charge in [-0.3, -0.25) is 23.3 Å². The zero-order valence-corrected chi connectivity index (χ0v) is 18.7. The Balaban J connectivity index is 1.66.